The molecule has 1 fully saturated rings. The number of benzene rings is 2. The van der Waals surface area contributed by atoms with E-state index in [1.165, 1.54) is 24.3 Å². The monoisotopic (exact) mass is 493 g/mol. The molecule has 2 aromatic rings. The molecule has 0 radical (unpaired) electrons. The maximum absolute atomic E-state index is 12.8. The lowest BCUT2D eigenvalue weighted by Crippen LogP contribution is -2.56. The Bertz CT molecular complexity index is 1020. The number of nitrogens with zero attached hydrogens (tertiary/aromatic N) is 3. The summed E-state index contributed by atoms with van der Waals surface area (Å²) in [4.78, 5) is 53.9. The molecular formula is C21H20ClN3O7S. The first-order valence-electron chi connectivity index (χ1n) is 9.87. The van der Waals surface area contributed by atoms with Crippen molar-refractivity contribution in [1.82, 2.24) is 9.96 Å². The fraction of sp³-hybridized carbons (Fsp3) is 0.286. The molecule has 1 aliphatic heterocycles. The van der Waals surface area contributed by atoms with Crippen molar-refractivity contribution < 1.29 is 29.3 Å². The van der Waals surface area contributed by atoms with Crippen molar-refractivity contribution in [2.75, 3.05) is 6.54 Å². The molecule has 0 bridgehead atoms. The summed E-state index contributed by atoms with van der Waals surface area (Å²) < 4.78 is 0. The van der Waals surface area contributed by atoms with E-state index in [9.17, 15) is 29.6 Å². The molecule has 1 N–H and O–H groups in total. The number of hydrogen-bond donors (Lipinski definition) is 1. The number of hydrogen-bond acceptors (Lipinski definition) is 7. The van der Waals surface area contributed by atoms with Crippen LogP contribution in [0.25, 0.3) is 0 Å². The number of thioether (sulfide) groups is 1. The van der Waals surface area contributed by atoms with Crippen molar-refractivity contribution in [2.24, 2.45) is 0 Å². The summed E-state index contributed by atoms with van der Waals surface area (Å²) in [5.74, 6) is 0. The van der Waals surface area contributed by atoms with Gasteiger partial charge in [0, 0.05) is 23.6 Å². The summed E-state index contributed by atoms with van der Waals surface area (Å²) in [5, 5.41) is 20.1. The average molecular weight is 494 g/mol. The van der Waals surface area contributed by atoms with E-state index in [0.717, 1.165) is 27.3 Å². The third-order valence-corrected chi connectivity index (χ3v) is 6.21. The van der Waals surface area contributed by atoms with Gasteiger partial charge in [-0.15, -0.1) is 0 Å². The molecule has 174 valence electrons. The number of non-ortho nitro benzene ring substituents is 1. The van der Waals surface area contributed by atoms with Crippen molar-refractivity contribution in [1.29, 1.82) is 0 Å². The second-order valence-electron chi connectivity index (χ2n) is 7.19. The molecule has 10 nitrogen and oxygen atoms in total. The Balaban J connectivity index is 1.66. The number of carbonyl (C=O) groups excluding carboxylic acids is 2. The summed E-state index contributed by atoms with van der Waals surface area (Å²) in [7, 11) is 0. The van der Waals surface area contributed by atoms with Gasteiger partial charge in [-0.25, -0.2) is 9.86 Å². The van der Waals surface area contributed by atoms with Crippen LogP contribution in [0, 0.1) is 10.1 Å². The van der Waals surface area contributed by atoms with E-state index in [-0.39, 0.29) is 25.3 Å². The Morgan fingerprint density at radius 2 is 1.82 bits per heavy atom. The highest BCUT2D eigenvalue weighted by Crippen LogP contribution is 2.30. The maximum atomic E-state index is 12.8. The van der Waals surface area contributed by atoms with Crippen molar-refractivity contribution in [3.05, 3.63) is 70.3 Å². The van der Waals surface area contributed by atoms with Crippen molar-refractivity contribution in [3.8, 4) is 0 Å². The quantitative estimate of drug-likeness (QED) is 0.196. The molecule has 0 aromatic heterocycles. The van der Waals surface area contributed by atoms with Gasteiger partial charge < -0.3 is 5.11 Å². The number of rotatable bonds is 7. The van der Waals surface area contributed by atoms with Crippen LogP contribution < -0.4 is 0 Å². The number of amides is 2. The molecule has 33 heavy (non-hydrogen) atoms. The Kier molecular flexibility index (Phi) is 8.26. The van der Waals surface area contributed by atoms with E-state index in [2.05, 4.69) is 0 Å². The van der Waals surface area contributed by atoms with E-state index >= 15 is 0 Å². The maximum Gasteiger partial charge on any atom is 0.408 e. The minimum Gasteiger partial charge on any atom is -0.465 e. The number of carboxylic acid groups (broad SMARTS) is 1. The first kappa shape index (κ1) is 24.5. The molecule has 1 saturated heterocycles. The first-order chi connectivity index (χ1) is 15.8. The molecule has 3 rings (SSSR count). The zero-order chi connectivity index (χ0) is 24.0. The first-order valence-corrected chi connectivity index (χ1v) is 11.1. The van der Waals surface area contributed by atoms with Gasteiger partial charge in [0.25, 0.3) is 5.69 Å². The van der Waals surface area contributed by atoms with Gasteiger partial charge in [-0.3, -0.25) is 29.4 Å². The molecule has 0 aliphatic carbocycles. The number of hydroxylamine groups is 2. The number of piperidine rings is 1. The van der Waals surface area contributed by atoms with Gasteiger partial charge in [0.1, 0.15) is 12.6 Å². The van der Waals surface area contributed by atoms with Crippen molar-refractivity contribution in [2.45, 2.75) is 36.4 Å². The zero-order valence-corrected chi connectivity index (χ0v) is 18.8. The lowest BCUT2D eigenvalue weighted by Gasteiger charge is -2.40. The van der Waals surface area contributed by atoms with Gasteiger partial charge >= 0.3 is 11.5 Å². The van der Waals surface area contributed by atoms with Gasteiger partial charge in [0.05, 0.1) is 11.0 Å². The van der Waals surface area contributed by atoms with Crippen LogP contribution in [0.5, 0.6) is 0 Å². The minimum atomic E-state index is -1.31. The summed E-state index contributed by atoms with van der Waals surface area (Å²) >= 11 is 6.50. The predicted octanol–water partition coefficient (Wildman–Crippen LogP) is 4.52. The van der Waals surface area contributed by atoms with Gasteiger partial charge in [-0.1, -0.05) is 30.3 Å². The second-order valence-corrected chi connectivity index (χ2v) is 8.59. The van der Waals surface area contributed by atoms with Gasteiger partial charge in [0.2, 0.25) is 5.12 Å². The largest absolute Gasteiger partial charge is 0.465 e. The van der Waals surface area contributed by atoms with Gasteiger partial charge in [-0.2, -0.15) is 0 Å². The molecule has 0 spiro atoms. The van der Waals surface area contributed by atoms with E-state index < -0.39 is 33.6 Å². The highest BCUT2D eigenvalue weighted by atomic mass is 35.5. The molecule has 1 aliphatic rings. The van der Waals surface area contributed by atoms with Crippen LogP contribution in [0.1, 0.15) is 18.4 Å². The topological polar surface area (TPSA) is 130 Å². The zero-order valence-electron chi connectivity index (χ0n) is 17.2. The summed E-state index contributed by atoms with van der Waals surface area (Å²) in [5.41, 5.74) is 0.694. The molecule has 1 heterocycles. The van der Waals surface area contributed by atoms with Crippen LogP contribution in [-0.2, 0) is 16.2 Å². The highest BCUT2D eigenvalue weighted by Gasteiger charge is 2.40. The van der Waals surface area contributed by atoms with E-state index in [1.54, 1.807) is 0 Å². The molecule has 2 aromatic carbocycles. The number of nitro groups is 1. The van der Waals surface area contributed by atoms with Gasteiger partial charge in [0.15, 0.2) is 0 Å². The minimum absolute atomic E-state index is 0.0707. The highest BCUT2D eigenvalue weighted by molar-refractivity contribution is 8.13. The van der Waals surface area contributed by atoms with Crippen LogP contribution >= 0.6 is 23.4 Å². The van der Waals surface area contributed by atoms with E-state index in [4.69, 9.17) is 16.4 Å². The van der Waals surface area contributed by atoms with E-state index in [0.29, 0.717) is 11.3 Å². The fourth-order valence-corrected chi connectivity index (χ4v) is 4.51. The van der Waals surface area contributed by atoms with E-state index in [1.807, 2.05) is 30.3 Å². The molecular weight excluding hydrogens is 474 g/mol. The van der Waals surface area contributed by atoms with Crippen LogP contribution in [-0.4, -0.2) is 55.2 Å². The summed E-state index contributed by atoms with van der Waals surface area (Å²) in [6, 6.07) is 12.9. The van der Waals surface area contributed by atoms with Crippen LogP contribution in [0.2, 0.25) is 0 Å². The Hall–Kier alpha value is -3.15. The summed E-state index contributed by atoms with van der Waals surface area (Å²) in [6.45, 7) is -0.0823. The predicted molar refractivity (Wildman–Crippen MR) is 120 cm³/mol. The molecule has 2 atom stereocenters. The third-order valence-electron chi connectivity index (χ3n) is 5.06. The Labute approximate surface area is 198 Å². The van der Waals surface area contributed by atoms with Crippen LogP contribution in [0.15, 0.2) is 59.5 Å². The lowest BCUT2D eigenvalue weighted by molar-refractivity contribution is -0.384. The van der Waals surface area contributed by atoms with Crippen LogP contribution in [0.3, 0.4) is 0 Å². The van der Waals surface area contributed by atoms with Crippen LogP contribution in [0.4, 0.5) is 15.3 Å². The number of nitro benzene ring substituents is 1. The van der Waals surface area contributed by atoms with Crippen molar-refractivity contribution >= 4 is 45.6 Å². The number of likely N-dealkylation sites (tertiary alicyclic amines) is 1. The summed E-state index contributed by atoms with van der Waals surface area (Å²) in [6.07, 6.45) is -0.855. The normalized spacial score (nSPS) is 17.9. The molecule has 12 heteroatoms. The second kappa shape index (κ2) is 11.1. The Morgan fingerprint density at radius 3 is 2.39 bits per heavy atom. The molecule has 0 unspecified atom stereocenters. The number of halogens is 1. The Morgan fingerprint density at radius 1 is 1.15 bits per heavy atom. The molecule has 2 amide bonds. The SMILES string of the molecule is O=C(Sc1ccc([N+](=O)[O-])cc1)[C@@H]1CC[C@@H](N(OCc2ccccc2)C(=O)Cl)CN1C(=O)O. The molecule has 0 saturated carbocycles. The number of carbonyl (C=O) groups is 3. The van der Waals surface area contributed by atoms with Crippen molar-refractivity contribution in [3.63, 3.8) is 0 Å². The average Bonchev–Trinajstić information content (AvgIpc) is 2.79. The smallest absolute Gasteiger partial charge is 0.408 e. The lowest BCUT2D eigenvalue weighted by atomic mass is 9.99. The fourth-order valence-electron chi connectivity index (χ4n) is 3.44. The third kappa shape index (κ3) is 6.44. The van der Waals surface area contributed by atoms with Gasteiger partial charge in [-0.05, 0) is 53.9 Å². The standard InChI is InChI=1S/C21H20ClN3O7S/c22-20(27)24(32-13-14-4-2-1-3-5-14)16-8-11-18(23(12-16)21(28)29)19(26)33-17-9-6-15(7-10-17)25(30)31/h1-7,9-10,16,18H,8,11-13H2,(H,28,29)/t16-,18+/m1/s1.